The van der Waals surface area contributed by atoms with Gasteiger partial charge in [-0.2, -0.15) is 0 Å². The summed E-state index contributed by atoms with van der Waals surface area (Å²) in [5, 5.41) is 0. The van der Waals surface area contributed by atoms with Crippen LogP contribution in [0.2, 0.25) is 0 Å². The van der Waals surface area contributed by atoms with Gasteiger partial charge in [0.2, 0.25) is 0 Å². The number of benzene rings is 1. The third kappa shape index (κ3) is 4.10. The third-order valence-electron chi connectivity index (χ3n) is 5.16. The minimum absolute atomic E-state index is 0.463. The number of hydrogen-bond donors (Lipinski definition) is 1. The lowest BCUT2D eigenvalue weighted by atomic mass is 9.77. The van der Waals surface area contributed by atoms with E-state index in [0.29, 0.717) is 5.82 Å². The van der Waals surface area contributed by atoms with Crippen molar-refractivity contribution in [3.63, 3.8) is 0 Å². The fourth-order valence-electron chi connectivity index (χ4n) is 3.69. The van der Waals surface area contributed by atoms with E-state index in [-0.39, 0.29) is 0 Å². The molecule has 2 aromatic rings. The molecule has 1 aromatic carbocycles. The highest BCUT2D eigenvalue weighted by molar-refractivity contribution is 5.59. The SMILES string of the molecule is CCCCC1CCC(c2ccc(-c3cnc(N)cn3)cc2)CC1. The molecule has 0 unspecified atom stereocenters. The van der Waals surface area contributed by atoms with E-state index < -0.39 is 0 Å². The zero-order valence-electron chi connectivity index (χ0n) is 14.0. The smallest absolute Gasteiger partial charge is 0.141 e. The van der Waals surface area contributed by atoms with E-state index in [1.54, 1.807) is 12.4 Å². The normalized spacial score (nSPS) is 21.3. The summed E-state index contributed by atoms with van der Waals surface area (Å²) in [5.74, 6) is 2.17. The van der Waals surface area contributed by atoms with Crippen molar-refractivity contribution in [3.05, 3.63) is 42.2 Å². The Morgan fingerprint density at radius 2 is 1.74 bits per heavy atom. The van der Waals surface area contributed by atoms with Gasteiger partial charge in [-0.25, -0.2) is 4.98 Å². The summed E-state index contributed by atoms with van der Waals surface area (Å²) < 4.78 is 0. The predicted octanol–water partition coefficient (Wildman–Crippen LogP) is 5.19. The molecule has 0 bridgehead atoms. The minimum Gasteiger partial charge on any atom is -0.382 e. The first-order chi connectivity index (χ1) is 11.3. The topological polar surface area (TPSA) is 51.8 Å². The monoisotopic (exact) mass is 309 g/mol. The van der Waals surface area contributed by atoms with Gasteiger partial charge >= 0.3 is 0 Å². The van der Waals surface area contributed by atoms with Crippen molar-refractivity contribution in [3.8, 4) is 11.3 Å². The van der Waals surface area contributed by atoms with E-state index in [1.807, 2.05) is 0 Å². The van der Waals surface area contributed by atoms with Crippen LogP contribution in [0.3, 0.4) is 0 Å². The second-order valence-corrected chi connectivity index (χ2v) is 6.81. The molecule has 1 heterocycles. The average Bonchev–Trinajstić information content (AvgIpc) is 2.61. The molecule has 3 rings (SSSR count). The summed E-state index contributed by atoms with van der Waals surface area (Å²) in [7, 11) is 0. The van der Waals surface area contributed by atoms with Gasteiger partial charge in [-0.05, 0) is 43.1 Å². The molecule has 3 nitrogen and oxygen atoms in total. The summed E-state index contributed by atoms with van der Waals surface area (Å²) in [6.45, 7) is 2.29. The van der Waals surface area contributed by atoms with E-state index in [0.717, 1.165) is 23.1 Å². The van der Waals surface area contributed by atoms with Crippen LogP contribution < -0.4 is 5.73 Å². The predicted molar refractivity (Wildman–Crippen MR) is 96.1 cm³/mol. The van der Waals surface area contributed by atoms with Gasteiger partial charge in [-0.1, -0.05) is 50.5 Å². The molecule has 23 heavy (non-hydrogen) atoms. The number of anilines is 1. The average molecular weight is 309 g/mol. The molecule has 0 spiro atoms. The summed E-state index contributed by atoms with van der Waals surface area (Å²) in [4.78, 5) is 8.46. The second-order valence-electron chi connectivity index (χ2n) is 6.81. The Morgan fingerprint density at radius 3 is 2.35 bits per heavy atom. The third-order valence-corrected chi connectivity index (χ3v) is 5.16. The van der Waals surface area contributed by atoms with Crippen LogP contribution in [-0.2, 0) is 0 Å². The van der Waals surface area contributed by atoms with Crippen LogP contribution >= 0.6 is 0 Å². The van der Waals surface area contributed by atoms with Crippen molar-refractivity contribution in [1.29, 1.82) is 0 Å². The van der Waals surface area contributed by atoms with Gasteiger partial charge in [0.15, 0.2) is 0 Å². The van der Waals surface area contributed by atoms with Gasteiger partial charge in [0.05, 0.1) is 18.1 Å². The number of nitrogen functional groups attached to an aromatic ring is 1. The summed E-state index contributed by atoms with van der Waals surface area (Å²) >= 11 is 0. The van der Waals surface area contributed by atoms with Crippen LogP contribution in [0.25, 0.3) is 11.3 Å². The van der Waals surface area contributed by atoms with Crippen LogP contribution in [0, 0.1) is 5.92 Å². The van der Waals surface area contributed by atoms with E-state index in [4.69, 9.17) is 5.73 Å². The van der Waals surface area contributed by atoms with Gasteiger partial charge in [-0.15, -0.1) is 0 Å². The largest absolute Gasteiger partial charge is 0.382 e. The van der Waals surface area contributed by atoms with Crippen LogP contribution in [0.5, 0.6) is 0 Å². The van der Waals surface area contributed by atoms with E-state index >= 15 is 0 Å². The number of nitrogens with two attached hydrogens (primary N) is 1. The van der Waals surface area contributed by atoms with Gasteiger partial charge in [0.25, 0.3) is 0 Å². The lowest BCUT2D eigenvalue weighted by molar-refractivity contribution is 0.304. The Hall–Kier alpha value is -1.90. The summed E-state index contributed by atoms with van der Waals surface area (Å²) in [6.07, 6.45) is 13.0. The molecule has 0 atom stereocenters. The zero-order valence-corrected chi connectivity index (χ0v) is 14.0. The van der Waals surface area contributed by atoms with Crippen LogP contribution in [-0.4, -0.2) is 9.97 Å². The Balaban J connectivity index is 1.61. The maximum absolute atomic E-state index is 5.59. The second kappa shape index (κ2) is 7.58. The molecule has 3 heteroatoms. The van der Waals surface area contributed by atoms with Crippen LogP contribution in [0.15, 0.2) is 36.7 Å². The number of hydrogen-bond acceptors (Lipinski definition) is 3. The molecule has 1 aliphatic carbocycles. The molecule has 1 aromatic heterocycles. The van der Waals surface area contributed by atoms with E-state index in [2.05, 4.69) is 41.2 Å². The fraction of sp³-hybridized carbons (Fsp3) is 0.500. The maximum atomic E-state index is 5.59. The number of nitrogens with zero attached hydrogens (tertiary/aromatic N) is 2. The molecular formula is C20H27N3. The molecule has 1 fully saturated rings. The maximum Gasteiger partial charge on any atom is 0.141 e. The van der Waals surface area contributed by atoms with Crippen molar-refractivity contribution in [2.75, 3.05) is 5.73 Å². The van der Waals surface area contributed by atoms with Crippen molar-refractivity contribution in [1.82, 2.24) is 9.97 Å². The molecule has 0 aliphatic heterocycles. The molecular weight excluding hydrogens is 282 g/mol. The Bertz CT molecular complexity index is 596. The van der Waals surface area contributed by atoms with Gasteiger partial charge in [0.1, 0.15) is 5.82 Å². The lowest BCUT2D eigenvalue weighted by Crippen LogP contribution is -2.13. The molecule has 2 N–H and O–H groups in total. The highest BCUT2D eigenvalue weighted by Gasteiger charge is 2.21. The Morgan fingerprint density at radius 1 is 1.00 bits per heavy atom. The lowest BCUT2D eigenvalue weighted by Gasteiger charge is -2.28. The van der Waals surface area contributed by atoms with Gasteiger partial charge in [0, 0.05) is 5.56 Å². The molecule has 1 saturated carbocycles. The molecule has 0 saturated heterocycles. The molecule has 0 amide bonds. The van der Waals surface area contributed by atoms with Crippen molar-refractivity contribution < 1.29 is 0 Å². The van der Waals surface area contributed by atoms with Crippen molar-refractivity contribution in [2.24, 2.45) is 5.92 Å². The standard InChI is InChI=1S/C20H27N3/c1-2-3-4-15-5-7-16(8-6-15)17-9-11-18(12-10-17)19-13-23-20(21)14-22-19/h9-16H,2-8H2,1H3,(H2,21,23). The first-order valence-electron chi connectivity index (χ1n) is 8.94. The van der Waals surface area contributed by atoms with Crippen LogP contribution in [0.4, 0.5) is 5.82 Å². The van der Waals surface area contributed by atoms with Crippen LogP contribution in [0.1, 0.15) is 63.4 Å². The molecule has 0 radical (unpaired) electrons. The Labute approximate surface area is 139 Å². The van der Waals surface area contributed by atoms with Crippen molar-refractivity contribution in [2.45, 2.75) is 57.8 Å². The number of rotatable bonds is 5. The van der Waals surface area contributed by atoms with E-state index in [9.17, 15) is 0 Å². The van der Waals surface area contributed by atoms with Gasteiger partial charge in [-0.3, -0.25) is 4.98 Å². The van der Waals surface area contributed by atoms with Gasteiger partial charge < -0.3 is 5.73 Å². The highest BCUT2D eigenvalue weighted by Crippen LogP contribution is 2.38. The highest BCUT2D eigenvalue weighted by atomic mass is 14.9. The fourth-order valence-corrected chi connectivity index (χ4v) is 3.69. The first-order valence-corrected chi connectivity index (χ1v) is 8.94. The number of unbranched alkanes of at least 4 members (excludes halogenated alkanes) is 1. The molecule has 1 aliphatic rings. The summed E-state index contributed by atoms with van der Waals surface area (Å²) in [6, 6.07) is 8.87. The summed E-state index contributed by atoms with van der Waals surface area (Å²) in [5.41, 5.74) is 9.06. The van der Waals surface area contributed by atoms with Crippen molar-refractivity contribution >= 4 is 5.82 Å². The first kappa shape index (κ1) is 16.0. The molecule has 122 valence electrons. The van der Waals surface area contributed by atoms with E-state index in [1.165, 1.54) is 50.5 Å². The number of aromatic nitrogens is 2. The zero-order chi connectivity index (χ0) is 16.1. The minimum atomic E-state index is 0.463. The quantitative estimate of drug-likeness (QED) is 0.827. The Kier molecular flexibility index (Phi) is 5.27.